The van der Waals surface area contributed by atoms with Gasteiger partial charge in [0.1, 0.15) is 0 Å². The molecule has 0 amide bonds. The van der Waals surface area contributed by atoms with E-state index in [2.05, 4.69) is 159 Å². The predicted octanol–water partition coefficient (Wildman–Crippen LogP) is 12.0. The third kappa shape index (κ3) is 6.90. The molecule has 0 atom stereocenters. The van der Waals surface area contributed by atoms with E-state index in [9.17, 15) is 0 Å². The van der Waals surface area contributed by atoms with Gasteiger partial charge in [0.25, 0.3) is 0 Å². The number of ether oxygens (including phenoxy) is 1. The Morgan fingerprint density at radius 2 is 1.22 bits per heavy atom. The van der Waals surface area contributed by atoms with Gasteiger partial charge in [-0.2, -0.15) is 0 Å². The summed E-state index contributed by atoms with van der Waals surface area (Å²) in [5.41, 5.74) is 6.13. The average Bonchev–Trinajstić information content (AvgIpc) is 4.04. The van der Waals surface area contributed by atoms with Crippen LogP contribution in [0.15, 0.2) is 138 Å². The Bertz CT molecular complexity index is 2510. The molecule has 54 heavy (non-hydrogen) atoms. The Balaban J connectivity index is 1.35. The molecule has 1 saturated heterocycles. The van der Waals surface area contributed by atoms with Gasteiger partial charge < -0.3 is 0 Å². The van der Waals surface area contributed by atoms with Crippen LogP contribution in [-0.4, -0.2) is 23.2 Å². The molecule has 0 unspecified atom stereocenters. The molecule has 0 radical (unpaired) electrons. The molecule has 1 fully saturated rings. The molecule has 7 aromatic rings. The summed E-state index contributed by atoms with van der Waals surface area (Å²) in [5.74, 6) is 0. The van der Waals surface area contributed by atoms with Gasteiger partial charge in [0, 0.05) is 4.88 Å². The molecule has 0 bridgehead atoms. The summed E-state index contributed by atoms with van der Waals surface area (Å²) >= 11 is 8.84. The van der Waals surface area contributed by atoms with Crippen LogP contribution in [0.4, 0.5) is 0 Å². The van der Waals surface area contributed by atoms with Crippen molar-refractivity contribution in [2.75, 3.05) is 13.2 Å². The molecular weight excluding hydrogens is 934 g/mol. The van der Waals surface area contributed by atoms with E-state index in [0.29, 0.717) is 13.2 Å². The van der Waals surface area contributed by atoms with Gasteiger partial charge in [0.15, 0.2) is 0 Å². The Morgan fingerprint density at radius 3 is 1.74 bits per heavy atom. The quantitative estimate of drug-likeness (QED) is 0.135. The van der Waals surface area contributed by atoms with Crippen molar-refractivity contribution in [2.45, 2.75) is 27.7 Å². The third-order valence-electron chi connectivity index (χ3n) is 9.51. The molecule has 0 saturated carbocycles. The maximum absolute atomic E-state index is 6.05. The summed E-state index contributed by atoms with van der Waals surface area (Å²) < 4.78 is 9.95. The van der Waals surface area contributed by atoms with Crippen LogP contribution in [0.5, 0.6) is 0 Å². The Kier molecular flexibility index (Phi) is 11.2. The molecule has 5 heterocycles. The summed E-state index contributed by atoms with van der Waals surface area (Å²) in [4.78, 5) is 17.2. The maximum atomic E-state index is 6.05. The molecular formula is C45H37N2OOsPS4+. The van der Waals surface area contributed by atoms with Crippen LogP contribution in [0.2, 0.25) is 0 Å². The van der Waals surface area contributed by atoms with E-state index in [-0.39, 0.29) is 0 Å². The number of rotatable bonds is 9. The molecule has 8 rings (SSSR count). The van der Waals surface area contributed by atoms with Gasteiger partial charge in [-0.1, -0.05) is 6.08 Å². The van der Waals surface area contributed by atoms with E-state index in [1.165, 1.54) is 68.6 Å². The molecule has 0 spiro atoms. The van der Waals surface area contributed by atoms with E-state index in [4.69, 9.17) is 14.7 Å². The number of aromatic nitrogens is 2. The van der Waals surface area contributed by atoms with Gasteiger partial charge >= 0.3 is 292 Å². The summed E-state index contributed by atoms with van der Waals surface area (Å²) in [6.07, 6.45) is 8.84. The number of benzene rings is 3. The van der Waals surface area contributed by atoms with Crippen LogP contribution in [0.3, 0.4) is 0 Å². The first kappa shape index (κ1) is 37.3. The van der Waals surface area contributed by atoms with Gasteiger partial charge in [-0.15, -0.1) is 11.3 Å². The zero-order valence-electron chi connectivity index (χ0n) is 30.3. The van der Waals surface area contributed by atoms with E-state index in [1.54, 1.807) is 34.0 Å². The number of aryl methyl sites for hydroxylation is 2. The molecule has 3 nitrogen and oxygen atoms in total. The fourth-order valence-electron chi connectivity index (χ4n) is 7.00. The van der Waals surface area contributed by atoms with Gasteiger partial charge in [0.2, 0.25) is 0 Å². The Hall–Kier alpha value is -3.65. The SMILES string of the molecule is CC=C1COCC1=CC(=C([C]#[Os])[P+](c1ccccc1)(c1ccccc1)c1ccccc1)c1cc(C)c(-c2nc3sc(-c4sc(/C=C/C)cc4C)nc3s2)s1. The molecule has 3 aromatic carbocycles. The number of hydrogen-bond donors (Lipinski definition) is 0. The Morgan fingerprint density at radius 1 is 0.704 bits per heavy atom. The standard InChI is InChI=1S/C45H37N2OPS4.Os/c1-6-17-37-24-29(3)40(50-37)42-46-44-45(52-42)47-43(53-44)41-30(4)25-39(51-41)38(26-33-28-48-27-32(33)7-2)31(5)49(34-18-11-8-12-19-34,35-20-13-9-14-21-35)36-22-15-10-16-23-36;/h6-26H,27-28H2,1-4H3;/q+1;/b17-6+,32-7?,33-26?,38-31?;. The zero-order valence-corrected chi connectivity index (χ0v) is 37.0. The summed E-state index contributed by atoms with van der Waals surface area (Å²) in [5, 5.41) is 7.20. The molecule has 1 aliphatic heterocycles. The number of allylic oxidation sites excluding steroid dienone is 5. The fourth-order valence-corrected chi connectivity index (χ4v) is 17.5. The number of thiazole rings is 2. The second kappa shape index (κ2) is 16.2. The average molecular weight is 971 g/mol. The molecule has 0 N–H and O–H groups in total. The Labute approximate surface area is 343 Å². The van der Waals surface area contributed by atoms with Crippen LogP contribution < -0.4 is 15.9 Å². The van der Waals surface area contributed by atoms with Crippen molar-refractivity contribution in [3.8, 4) is 24.1 Å². The van der Waals surface area contributed by atoms with Crippen LogP contribution in [0.1, 0.15) is 34.7 Å². The van der Waals surface area contributed by atoms with E-state index < -0.39 is 7.26 Å². The molecule has 9 heteroatoms. The molecule has 1 aliphatic rings. The number of hydrogen-bond acceptors (Lipinski definition) is 7. The van der Waals surface area contributed by atoms with Crippen molar-refractivity contribution in [1.29, 1.82) is 0 Å². The predicted molar refractivity (Wildman–Crippen MR) is 235 cm³/mol. The van der Waals surface area contributed by atoms with Crippen LogP contribution >= 0.6 is 52.6 Å². The van der Waals surface area contributed by atoms with Crippen molar-refractivity contribution >= 4 is 89.8 Å². The van der Waals surface area contributed by atoms with Crippen LogP contribution in [0, 0.1) is 18.2 Å². The van der Waals surface area contributed by atoms with Crippen LogP contribution in [-0.2, 0) is 22.7 Å². The van der Waals surface area contributed by atoms with Crippen molar-refractivity contribution < 1.29 is 22.7 Å². The van der Waals surface area contributed by atoms with Crippen molar-refractivity contribution in [1.82, 2.24) is 9.97 Å². The molecule has 0 aliphatic carbocycles. The summed E-state index contributed by atoms with van der Waals surface area (Å²) in [6.45, 7) is 9.78. The second-order valence-electron chi connectivity index (χ2n) is 12.9. The number of thiophene rings is 2. The fraction of sp³-hybridized carbons (Fsp3) is 0.133. The molecule has 269 valence electrons. The van der Waals surface area contributed by atoms with Gasteiger partial charge in [-0.3, -0.25) is 0 Å². The zero-order chi connectivity index (χ0) is 37.2. The third-order valence-corrected chi connectivity index (χ3v) is 19.7. The van der Waals surface area contributed by atoms with Crippen LogP contribution in [0.25, 0.3) is 41.1 Å². The number of fused-ring (bicyclic) bond motifs is 1. The summed E-state index contributed by atoms with van der Waals surface area (Å²) in [6, 6.07) is 37.8. The molecule has 4 aromatic heterocycles. The minimum atomic E-state index is -2.45. The van der Waals surface area contributed by atoms with E-state index in [1.807, 2.05) is 29.3 Å². The first-order valence-corrected chi connectivity index (χ1v) is 24.0. The second-order valence-corrected chi connectivity index (χ2v) is 21.0. The van der Waals surface area contributed by atoms with Crippen molar-refractivity contribution in [3.05, 3.63) is 159 Å². The van der Waals surface area contributed by atoms with Gasteiger partial charge in [-0.05, 0) is 31.6 Å². The van der Waals surface area contributed by atoms with Gasteiger partial charge in [0.05, 0.1) is 0 Å². The summed E-state index contributed by atoms with van der Waals surface area (Å²) in [7, 11) is -2.45. The first-order chi connectivity index (χ1) is 26.4. The van der Waals surface area contributed by atoms with E-state index >= 15 is 0 Å². The topological polar surface area (TPSA) is 35.0 Å². The van der Waals surface area contributed by atoms with Gasteiger partial charge in [-0.25, -0.2) is 0 Å². The van der Waals surface area contributed by atoms with Crippen molar-refractivity contribution in [2.24, 2.45) is 0 Å². The number of nitrogens with zero attached hydrogens (tertiary/aromatic N) is 2. The minimum absolute atomic E-state index is 0.587. The van der Waals surface area contributed by atoms with E-state index in [0.717, 1.165) is 19.7 Å². The van der Waals surface area contributed by atoms with Crippen molar-refractivity contribution in [3.63, 3.8) is 0 Å². The normalized spacial score (nSPS) is 15.5. The first-order valence-electron chi connectivity index (χ1n) is 17.7. The monoisotopic (exact) mass is 972 g/mol.